The van der Waals surface area contributed by atoms with Gasteiger partial charge in [0.2, 0.25) is 11.8 Å². The van der Waals surface area contributed by atoms with E-state index in [2.05, 4.69) is 20.3 Å². The first-order valence-electron chi connectivity index (χ1n) is 20.9. The molecule has 61 heavy (non-hydrogen) atoms. The van der Waals surface area contributed by atoms with Crippen molar-refractivity contribution in [2.75, 3.05) is 13.7 Å². The second-order valence-electron chi connectivity index (χ2n) is 16.3. The van der Waals surface area contributed by atoms with Crippen molar-refractivity contribution in [1.29, 1.82) is 0 Å². The second-order valence-corrected chi connectivity index (χ2v) is 18.9. The van der Waals surface area contributed by atoms with Gasteiger partial charge in [-0.1, -0.05) is 42.7 Å². The fourth-order valence-electron chi connectivity index (χ4n) is 8.50. The average molecular weight is 871 g/mol. The van der Waals surface area contributed by atoms with Crippen LogP contribution in [0.15, 0.2) is 77.2 Å². The number of hydrogen-bond donors (Lipinski definition) is 3. The number of carbonyl (C=O) groups is 4. The number of allylic oxidation sites excluding steroid dienone is 1. The first kappa shape index (κ1) is 42.1. The van der Waals surface area contributed by atoms with Crippen LogP contribution in [0.3, 0.4) is 0 Å². The number of thiazole rings is 1. The number of sulfonamides is 1. The number of nitrogens with one attached hydrogen (secondary N) is 3. The Kier molecular flexibility index (Phi) is 12.3. The molecule has 2 aliphatic carbocycles. The zero-order valence-corrected chi connectivity index (χ0v) is 35.8. The predicted octanol–water partition coefficient (Wildman–Crippen LogP) is 5.47. The molecule has 0 radical (unpaired) electrons. The van der Waals surface area contributed by atoms with Gasteiger partial charge in [-0.25, -0.2) is 22.9 Å². The number of fused-ring (bicyclic) bond motifs is 2. The molecular weight excluding hydrogens is 821 g/mol. The van der Waals surface area contributed by atoms with E-state index < -0.39 is 63.4 Å². The van der Waals surface area contributed by atoms with Gasteiger partial charge in [-0.05, 0) is 94.7 Å². The zero-order valence-electron chi connectivity index (χ0n) is 34.1. The van der Waals surface area contributed by atoms with Crippen LogP contribution >= 0.6 is 11.3 Å². The van der Waals surface area contributed by atoms with Crippen LogP contribution in [0, 0.1) is 12.8 Å². The fourth-order valence-corrected chi connectivity index (χ4v) is 10.2. The summed E-state index contributed by atoms with van der Waals surface area (Å²) >= 11 is 1.40. The molecule has 4 aliphatic rings. The van der Waals surface area contributed by atoms with Crippen LogP contribution < -0.4 is 20.1 Å². The smallest absolute Gasteiger partial charge is 0.408 e. The molecular formula is C43H50N8O8S2. The SMILES string of the molecule is COc1ccc(-c2nn([C@@H]3C[C@H]4C(=O)N[C@]5(C(=O)NS(=O)(=O)c6ccc(C)cc6)C[C@H]5/C=C/CCCCC[C@@H](NC(=O)OC5CCCC5)C(=O)N4C3)nc2-c2nccs2)cc1. The van der Waals surface area contributed by atoms with Gasteiger partial charge in [-0.3, -0.25) is 14.4 Å². The molecule has 2 aromatic carbocycles. The van der Waals surface area contributed by atoms with E-state index in [1.165, 1.54) is 33.2 Å². The van der Waals surface area contributed by atoms with E-state index in [-0.39, 0.29) is 30.4 Å². The molecule has 18 heteroatoms. The van der Waals surface area contributed by atoms with Gasteiger partial charge in [0.25, 0.3) is 15.9 Å². The number of ether oxygens (including phenoxy) is 2. The Morgan fingerprint density at radius 1 is 0.951 bits per heavy atom. The third-order valence-corrected chi connectivity index (χ3v) is 14.2. The summed E-state index contributed by atoms with van der Waals surface area (Å²) in [5.41, 5.74) is 1.08. The summed E-state index contributed by atoms with van der Waals surface area (Å²) in [6, 6.07) is 10.7. The van der Waals surface area contributed by atoms with Crippen molar-refractivity contribution in [3.8, 4) is 27.7 Å². The lowest BCUT2D eigenvalue weighted by Gasteiger charge is -2.30. The summed E-state index contributed by atoms with van der Waals surface area (Å²) in [4.78, 5) is 64.3. The molecule has 0 spiro atoms. The second kappa shape index (κ2) is 17.8. The molecule has 3 N–H and O–H groups in total. The quantitative estimate of drug-likeness (QED) is 0.180. The standard InChI is InChI=1S/C43H50N8O8S2/c1-27-14-20-33(21-15-27)61(56,57)49-41(54)43-25-29(43)10-6-4-3-5-7-13-34(45-42(55)59-32-11-8-9-12-32)40(53)50-26-30(24-35(50)38(52)46-43)51-47-36(28-16-18-31(58-2)19-17-28)37(48-51)39-44-22-23-60-39/h6,10,14-23,29-30,32,34-35H,3-5,7-9,11-13,24-26H2,1-2H3,(H,45,55)(H,46,52)(H,49,54)/b10-6+/t29-,30-,34-,35+,43-/m1/s1. The van der Waals surface area contributed by atoms with Crippen molar-refractivity contribution >= 4 is 45.2 Å². The lowest BCUT2D eigenvalue weighted by molar-refractivity contribution is -0.141. The molecule has 0 unspecified atom stereocenters. The van der Waals surface area contributed by atoms with E-state index in [1.807, 2.05) is 48.7 Å². The zero-order chi connectivity index (χ0) is 42.7. The highest BCUT2D eigenvalue weighted by molar-refractivity contribution is 7.90. The number of aromatic nitrogens is 4. The van der Waals surface area contributed by atoms with Crippen LogP contribution in [0.5, 0.6) is 5.75 Å². The minimum absolute atomic E-state index is 0.00510. The van der Waals surface area contributed by atoms with Gasteiger partial charge in [0.15, 0.2) is 0 Å². The number of hydrogen-bond acceptors (Lipinski definition) is 12. The van der Waals surface area contributed by atoms with E-state index in [9.17, 15) is 27.6 Å². The lowest BCUT2D eigenvalue weighted by Crippen LogP contribution is -2.58. The van der Waals surface area contributed by atoms with Gasteiger partial charge in [-0.2, -0.15) is 9.90 Å². The van der Waals surface area contributed by atoms with E-state index in [0.717, 1.165) is 49.7 Å². The topological polar surface area (TPSA) is 204 Å². The number of carbonyl (C=O) groups excluding carboxylic acids is 4. The minimum Gasteiger partial charge on any atom is -0.497 e. The van der Waals surface area contributed by atoms with Crippen molar-refractivity contribution in [1.82, 2.24) is 40.2 Å². The number of rotatable bonds is 9. The van der Waals surface area contributed by atoms with E-state index in [1.54, 1.807) is 25.4 Å². The summed E-state index contributed by atoms with van der Waals surface area (Å²) in [6.07, 6.45) is 11.4. The molecule has 4 aromatic rings. The van der Waals surface area contributed by atoms with Crippen LogP contribution in [0.1, 0.15) is 82.2 Å². The first-order valence-corrected chi connectivity index (χ1v) is 23.2. The van der Waals surface area contributed by atoms with Crippen molar-refractivity contribution in [3.05, 3.63) is 77.8 Å². The molecule has 4 heterocycles. The monoisotopic (exact) mass is 870 g/mol. The molecule has 4 amide bonds. The molecule has 2 aromatic heterocycles. The van der Waals surface area contributed by atoms with Gasteiger partial charge in [-0.15, -0.1) is 16.4 Å². The number of amides is 4. The highest BCUT2D eigenvalue weighted by Crippen LogP contribution is 2.46. The van der Waals surface area contributed by atoms with Crippen molar-refractivity contribution in [2.45, 2.75) is 112 Å². The highest BCUT2D eigenvalue weighted by Gasteiger charge is 2.61. The van der Waals surface area contributed by atoms with Crippen LogP contribution in [0.4, 0.5) is 4.79 Å². The Balaban J connectivity index is 1.13. The summed E-state index contributed by atoms with van der Waals surface area (Å²) in [7, 11) is -2.70. The minimum atomic E-state index is -4.29. The molecule has 2 saturated carbocycles. The average Bonchev–Trinajstić information content (AvgIpc) is 3.90. The summed E-state index contributed by atoms with van der Waals surface area (Å²) in [6.45, 7) is 1.83. The van der Waals surface area contributed by atoms with Crippen LogP contribution in [0.25, 0.3) is 22.0 Å². The maximum absolute atomic E-state index is 14.8. The Morgan fingerprint density at radius 3 is 2.41 bits per heavy atom. The van der Waals surface area contributed by atoms with Gasteiger partial charge < -0.3 is 25.0 Å². The Morgan fingerprint density at radius 2 is 1.69 bits per heavy atom. The number of alkyl carbamates (subject to hydrolysis) is 1. The maximum atomic E-state index is 14.8. The summed E-state index contributed by atoms with van der Waals surface area (Å²) < 4.78 is 40.2. The molecule has 2 aliphatic heterocycles. The number of aryl methyl sites for hydroxylation is 1. The summed E-state index contributed by atoms with van der Waals surface area (Å²) in [5, 5.41) is 18.0. The van der Waals surface area contributed by atoms with Gasteiger partial charge in [0, 0.05) is 36.0 Å². The molecule has 3 fully saturated rings. The van der Waals surface area contributed by atoms with E-state index in [0.29, 0.717) is 41.4 Å². The van der Waals surface area contributed by atoms with E-state index in [4.69, 9.17) is 19.7 Å². The van der Waals surface area contributed by atoms with Crippen molar-refractivity contribution < 1.29 is 37.1 Å². The van der Waals surface area contributed by atoms with Crippen LogP contribution in [-0.4, -0.2) is 94.5 Å². The molecule has 322 valence electrons. The summed E-state index contributed by atoms with van der Waals surface area (Å²) in [5.74, 6) is -1.81. The first-order chi connectivity index (χ1) is 29.4. The predicted molar refractivity (Wildman–Crippen MR) is 226 cm³/mol. The molecule has 1 saturated heterocycles. The number of benzene rings is 2. The Hall–Kier alpha value is -5.62. The van der Waals surface area contributed by atoms with Crippen LogP contribution in [-0.2, 0) is 29.1 Å². The van der Waals surface area contributed by atoms with Crippen LogP contribution in [0.2, 0.25) is 0 Å². The maximum Gasteiger partial charge on any atom is 0.408 e. The fraction of sp³-hybridized carbons (Fsp3) is 0.465. The molecule has 5 atom stereocenters. The lowest BCUT2D eigenvalue weighted by atomic mass is 10.0. The van der Waals surface area contributed by atoms with Gasteiger partial charge in [0.1, 0.15) is 45.9 Å². The Labute approximate surface area is 358 Å². The van der Waals surface area contributed by atoms with Gasteiger partial charge in [0.05, 0.1) is 18.0 Å². The molecule has 16 nitrogen and oxygen atoms in total. The highest BCUT2D eigenvalue weighted by atomic mass is 32.2. The third kappa shape index (κ3) is 9.20. The largest absolute Gasteiger partial charge is 0.497 e. The van der Waals surface area contributed by atoms with Crippen molar-refractivity contribution in [2.24, 2.45) is 5.92 Å². The number of nitrogens with zero attached hydrogens (tertiary/aromatic N) is 5. The van der Waals surface area contributed by atoms with Gasteiger partial charge >= 0.3 is 6.09 Å². The number of methoxy groups -OCH3 is 1. The Bertz CT molecular complexity index is 2380. The van der Waals surface area contributed by atoms with Crippen molar-refractivity contribution in [3.63, 3.8) is 0 Å². The third-order valence-electron chi connectivity index (χ3n) is 12.0. The molecule has 8 rings (SSSR count). The normalized spacial score (nSPS) is 25.3. The molecule has 0 bridgehead atoms. The van der Waals surface area contributed by atoms with E-state index >= 15 is 0 Å².